The minimum Gasteiger partial charge on any atom is -0.454 e. The Hall–Kier alpha value is -3.61. The number of hydrogen-bond acceptors (Lipinski definition) is 6. The summed E-state index contributed by atoms with van der Waals surface area (Å²) in [6, 6.07) is 15.7. The number of benzene rings is 2. The maximum Gasteiger partial charge on any atom is 0.271 e. The van der Waals surface area contributed by atoms with Crippen molar-refractivity contribution in [1.29, 1.82) is 0 Å². The lowest BCUT2D eigenvalue weighted by atomic mass is 10.1. The van der Waals surface area contributed by atoms with E-state index in [0.717, 1.165) is 11.1 Å². The van der Waals surface area contributed by atoms with Crippen LogP contribution in [0.15, 0.2) is 60.9 Å². The van der Waals surface area contributed by atoms with Crippen molar-refractivity contribution in [2.75, 3.05) is 12.1 Å². The minimum absolute atomic E-state index is 0.0844. The number of hydrogen-bond donors (Lipinski definition) is 2. The van der Waals surface area contributed by atoms with Crippen LogP contribution in [0.3, 0.4) is 0 Å². The smallest absolute Gasteiger partial charge is 0.271 e. The third-order valence-corrected chi connectivity index (χ3v) is 4.44. The first-order valence-electron chi connectivity index (χ1n) is 8.99. The molecule has 1 aromatic heterocycles. The van der Waals surface area contributed by atoms with Crippen LogP contribution < -0.4 is 20.1 Å². The Morgan fingerprint density at radius 3 is 2.68 bits per heavy atom. The normalized spacial score (nSPS) is 13.0. The van der Waals surface area contributed by atoms with Crippen LogP contribution in [-0.4, -0.2) is 22.7 Å². The lowest BCUT2D eigenvalue weighted by Gasteiger charge is -2.14. The average molecular weight is 376 g/mol. The number of nitrogens with one attached hydrogen (secondary N) is 2. The predicted molar refractivity (Wildman–Crippen MR) is 104 cm³/mol. The van der Waals surface area contributed by atoms with Crippen LogP contribution in [-0.2, 0) is 6.54 Å². The monoisotopic (exact) mass is 376 g/mol. The summed E-state index contributed by atoms with van der Waals surface area (Å²) in [6.07, 6.45) is 3.03. The molecule has 0 saturated heterocycles. The molecule has 7 nitrogen and oxygen atoms in total. The Balaban J connectivity index is 1.33. The van der Waals surface area contributed by atoms with Gasteiger partial charge in [-0.25, -0.2) is 9.97 Å². The molecule has 0 fully saturated rings. The Morgan fingerprint density at radius 1 is 1.07 bits per heavy atom. The van der Waals surface area contributed by atoms with Crippen molar-refractivity contribution in [3.05, 3.63) is 77.7 Å². The van der Waals surface area contributed by atoms with E-state index in [1.807, 2.05) is 55.5 Å². The minimum atomic E-state index is -0.284. The molecule has 0 bridgehead atoms. The molecule has 142 valence electrons. The summed E-state index contributed by atoms with van der Waals surface area (Å²) < 4.78 is 10.6. The highest BCUT2D eigenvalue weighted by Gasteiger charge is 2.14. The van der Waals surface area contributed by atoms with Crippen LogP contribution in [0.4, 0.5) is 5.82 Å². The molecule has 0 radical (unpaired) electrons. The SMILES string of the molecule is CC(Nc1cnc(C(=O)NCc2ccc3c(c2)OCO3)cn1)c1ccccc1. The molecular weight excluding hydrogens is 356 g/mol. The summed E-state index contributed by atoms with van der Waals surface area (Å²) in [5.74, 6) is 1.74. The zero-order valence-corrected chi connectivity index (χ0v) is 15.4. The molecule has 0 saturated carbocycles. The van der Waals surface area contributed by atoms with Crippen molar-refractivity contribution in [2.24, 2.45) is 0 Å². The van der Waals surface area contributed by atoms with Crippen LogP contribution in [0.1, 0.15) is 34.6 Å². The molecule has 1 amide bonds. The van der Waals surface area contributed by atoms with E-state index in [2.05, 4.69) is 20.6 Å². The van der Waals surface area contributed by atoms with Gasteiger partial charge >= 0.3 is 0 Å². The largest absolute Gasteiger partial charge is 0.454 e. The van der Waals surface area contributed by atoms with Crippen molar-refractivity contribution in [2.45, 2.75) is 19.5 Å². The van der Waals surface area contributed by atoms with Gasteiger partial charge in [0.15, 0.2) is 11.5 Å². The quantitative estimate of drug-likeness (QED) is 0.687. The van der Waals surface area contributed by atoms with Gasteiger partial charge in [-0.05, 0) is 30.2 Å². The Labute approximate surface area is 162 Å². The third kappa shape index (κ3) is 4.03. The number of carbonyl (C=O) groups excluding carboxylic acids is 1. The van der Waals surface area contributed by atoms with Crippen molar-refractivity contribution < 1.29 is 14.3 Å². The molecule has 2 N–H and O–H groups in total. The van der Waals surface area contributed by atoms with Gasteiger partial charge in [-0.1, -0.05) is 36.4 Å². The van der Waals surface area contributed by atoms with Crippen LogP contribution in [0.25, 0.3) is 0 Å². The van der Waals surface area contributed by atoms with Crippen molar-refractivity contribution >= 4 is 11.7 Å². The molecule has 4 rings (SSSR count). The molecule has 0 aliphatic carbocycles. The standard InChI is InChI=1S/C21H20N4O3/c1-14(16-5-3-2-4-6-16)25-20-12-22-17(11-23-20)21(26)24-10-15-7-8-18-19(9-15)28-13-27-18/h2-9,11-12,14H,10,13H2,1H3,(H,23,25)(H,24,26). The molecule has 1 aliphatic heterocycles. The molecule has 1 unspecified atom stereocenters. The van der Waals surface area contributed by atoms with Crippen molar-refractivity contribution in [3.8, 4) is 11.5 Å². The van der Waals surface area contributed by atoms with Crippen LogP contribution in [0, 0.1) is 0 Å². The van der Waals surface area contributed by atoms with Crippen molar-refractivity contribution in [1.82, 2.24) is 15.3 Å². The second kappa shape index (κ2) is 7.96. The zero-order chi connectivity index (χ0) is 19.3. The highest BCUT2D eigenvalue weighted by atomic mass is 16.7. The van der Waals surface area contributed by atoms with Crippen LogP contribution in [0.5, 0.6) is 11.5 Å². The summed E-state index contributed by atoms with van der Waals surface area (Å²) in [4.78, 5) is 20.8. The molecule has 3 aromatic rings. The van der Waals surface area contributed by atoms with E-state index >= 15 is 0 Å². The van der Waals surface area contributed by atoms with Gasteiger partial charge < -0.3 is 20.1 Å². The number of rotatable bonds is 6. The molecular formula is C21H20N4O3. The van der Waals surface area contributed by atoms with Gasteiger partial charge in [0.05, 0.1) is 12.4 Å². The van der Waals surface area contributed by atoms with E-state index in [1.165, 1.54) is 6.20 Å². The van der Waals surface area contributed by atoms with E-state index in [-0.39, 0.29) is 24.4 Å². The summed E-state index contributed by atoms with van der Waals surface area (Å²) >= 11 is 0. The van der Waals surface area contributed by atoms with Gasteiger partial charge in [-0.2, -0.15) is 0 Å². The van der Waals surface area contributed by atoms with Crippen molar-refractivity contribution in [3.63, 3.8) is 0 Å². The Kier molecular flexibility index (Phi) is 5.05. The summed E-state index contributed by atoms with van der Waals surface area (Å²) in [5.41, 5.74) is 2.33. The highest BCUT2D eigenvalue weighted by molar-refractivity contribution is 5.91. The molecule has 7 heteroatoms. The lowest BCUT2D eigenvalue weighted by Crippen LogP contribution is -2.24. The highest BCUT2D eigenvalue weighted by Crippen LogP contribution is 2.32. The van der Waals surface area contributed by atoms with E-state index in [4.69, 9.17) is 9.47 Å². The van der Waals surface area contributed by atoms with Gasteiger partial charge in [-0.15, -0.1) is 0 Å². The number of amides is 1. The molecule has 1 atom stereocenters. The fourth-order valence-corrected chi connectivity index (χ4v) is 2.89. The zero-order valence-electron chi connectivity index (χ0n) is 15.4. The number of carbonyl (C=O) groups is 1. The maximum atomic E-state index is 12.3. The predicted octanol–water partition coefficient (Wildman–Crippen LogP) is 3.31. The van der Waals surface area contributed by atoms with E-state index in [9.17, 15) is 4.79 Å². The molecule has 2 heterocycles. The number of nitrogens with zero attached hydrogens (tertiary/aromatic N) is 2. The second-order valence-corrected chi connectivity index (χ2v) is 6.43. The molecule has 1 aliphatic rings. The van der Waals surface area contributed by atoms with Gasteiger partial charge in [-0.3, -0.25) is 4.79 Å². The van der Waals surface area contributed by atoms with Gasteiger partial charge in [0.1, 0.15) is 11.5 Å². The second-order valence-electron chi connectivity index (χ2n) is 6.43. The summed E-state index contributed by atoms with van der Waals surface area (Å²) in [5, 5.41) is 6.11. The van der Waals surface area contributed by atoms with E-state index in [1.54, 1.807) is 6.20 Å². The van der Waals surface area contributed by atoms with Gasteiger partial charge in [0, 0.05) is 12.6 Å². The summed E-state index contributed by atoms with van der Waals surface area (Å²) in [7, 11) is 0. The molecule has 2 aromatic carbocycles. The van der Waals surface area contributed by atoms with Gasteiger partial charge in [0.2, 0.25) is 6.79 Å². The number of aromatic nitrogens is 2. The Morgan fingerprint density at radius 2 is 1.89 bits per heavy atom. The number of ether oxygens (including phenoxy) is 2. The van der Waals surface area contributed by atoms with Gasteiger partial charge in [0.25, 0.3) is 5.91 Å². The molecule has 28 heavy (non-hydrogen) atoms. The fraction of sp³-hybridized carbons (Fsp3) is 0.190. The van der Waals surface area contributed by atoms with Crippen LogP contribution >= 0.6 is 0 Å². The summed E-state index contributed by atoms with van der Waals surface area (Å²) in [6.45, 7) is 2.63. The average Bonchev–Trinajstić information content (AvgIpc) is 3.21. The Bertz CT molecular complexity index is 961. The van der Waals surface area contributed by atoms with Crippen LogP contribution in [0.2, 0.25) is 0 Å². The first kappa shape index (κ1) is 17.8. The van der Waals surface area contributed by atoms with E-state index in [0.29, 0.717) is 23.9 Å². The van der Waals surface area contributed by atoms with E-state index < -0.39 is 0 Å². The third-order valence-electron chi connectivity index (χ3n) is 4.44. The topological polar surface area (TPSA) is 85.4 Å². The first-order chi connectivity index (χ1) is 13.7. The number of fused-ring (bicyclic) bond motifs is 1. The first-order valence-corrected chi connectivity index (χ1v) is 8.99. The maximum absolute atomic E-state index is 12.3. The number of anilines is 1. The fourth-order valence-electron chi connectivity index (χ4n) is 2.89. The lowest BCUT2D eigenvalue weighted by molar-refractivity contribution is 0.0945. The molecule has 0 spiro atoms.